The van der Waals surface area contributed by atoms with Crippen molar-refractivity contribution in [1.82, 2.24) is 0 Å². The van der Waals surface area contributed by atoms with Crippen molar-refractivity contribution in [2.45, 2.75) is 0 Å². The Morgan fingerprint density at radius 2 is 1.75 bits per heavy atom. The topological polar surface area (TPSA) is 0 Å². The van der Waals surface area contributed by atoms with Gasteiger partial charge in [0.2, 0.25) is 0 Å². The maximum absolute atomic E-state index is 9.94. The number of rotatable bonds is 0. The first-order valence-corrected chi connectivity index (χ1v) is 0.552. The van der Waals surface area contributed by atoms with Crippen LogP contribution >= 0.6 is 0 Å². The molecule has 4 heteroatoms. The molecule has 0 fully saturated rings. The van der Waals surface area contributed by atoms with Crippen LogP contribution in [0, 0.1) is 0 Å². The van der Waals surface area contributed by atoms with Crippen LogP contribution in [0.2, 0.25) is 0 Å². The second-order valence-electron chi connectivity index (χ2n) is 0.126. The fraction of sp³-hybridized carbons (Fsp3) is 0. The summed E-state index contributed by atoms with van der Waals surface area (Å²) in [5.41, 5.74) is 0. The first kappa shape index (κ1) is 9.01. The van der Waals surface area contributed by atoms with Crippen LogP contribution in [-0.4, -0.2) is 14.4 Å². The molecule has 0 aromatic heterocycles. The van der Waals surface area contributed by atoms with E-state index in [1.54, 1.807) is 0 Å². The Hall–Kier alpha value is -0.0101. The van der Waals surface area contributed by atoms with E-state index in [0.29, 0.717) is 0 Å². The Bertz CT molecular complexity index is 11.5. The van der Waals surface area contributed by atoms with Gasteiger partial charge in [-0.15, -0.1) is 0 Å². The van der Waals surface area contributed by atoms with Gasteiger partial charge in [0.05, 0.1) is 0 Å². The summed E-state index contributed by atoms with van der Waals surface area (Å²) in [5.74, 6) is 0. The molecule has 0 aliphatic heterocycles. The molecule has 0 nitrogen and oxygen atoms in total. The van der Waals surface area contributed by atoms with Gasteiger partial charge in [-0.05, 0) is 0 Å². The fourth-order valence-electron chi connectivity index (χ4n) is 0. The molecule has 0 bridgehead atoms. The van der Waals surface area contributed by atoms with Crippen molar-refractivity contribution in [3.8, 4) is 0 Å². The Morgan fingerprint density at radius 1 is 1.75 bits per heavy atom. The van der Waals surface area contributed by atoms with Crippen LogP contribution in [0.4, 0.5) is 9.02 Å². The van der Waals surface area contributed by atoms with Gasteiger partial charge in [-0.25, -0.2) is 0 Å². The van der Waals surface area contributed by atoms with Crippen molar-refractivity contribution in [3.05, 3.63) is 0 Å². The fourth-order valence-corrected chi connectivity index (χ4v) is 0. The predicted octanol–water partition coefficient (Wildman–Crippen LogP) is -0.189. The summed E-state index contributed by atoms with van der Waals surface area (Å²) >= 11 is 0. The summed E-state index contributed by atoms with van der Waals surface area (Å²) < 4.78 is 9.94. The standard InChI is InChI=1S/B2F.FH/c1-2-3;/h;1H. The second-order valence-corrected chi connectivity index (χ2v) is 0.126. The third-order valence-corrected chi connectivity index (χ3v) is 0. The molecular formula is HB2F2. The van der Waals surface area contributed by atoms with Crippen molar-refractivity contribution in [3.63, 3.8) is 0 Å². The predicted molar refractivity (Wildman–Crippen MR) is 15.1 cm³/mol. The molecule has 0 spiro atoms. The molecule has 4 heavy (non-hydrogen) atoms. The summed E-state index contributed by atoms with van der Waals surface area (Å²) in [7, 11) is 4.06. The van der Waals surface area contributed by atoms with E-state index in [2.05, 4.69) is 7.37 Å². The SMILES string of the molecule is F.[B]=BF. The third-order valence-electron chi connectivity index (χ3n) is 0. The van der Waals surface area contributed by atoms with E-state index in [4.69, 9.17) is 0 Å². The van der Waals surface area contributed by atoms with Crippen LogP contribution in [0.25, 0.3) is 0 Å². The molecular weight excluding hydrogens is 59.6 g/mol. The summed E-state index contributed by atoms with van der Waals surface area (Å²) in [4.78, 5) is 0. The van der Waals surface area contributed by atoms with Gasteiger partial charge in [-0.3, -0.25) is 4.70 Å². The van der Waals surface area contributed by atoms with Crippen LogP contribution in [-0.2, 0) is 0 Å². The van der Waals surface area contributed by atoms with Crippen molar-refractivity contribution in [1.29, 1.82) is 0 Å². The Kier molecular flexibility index (Phi) is 27.2. The first-order chi connectivity index (χ1) is 1.41. The summed E-state index contributed by atoms with van der Waals surface area (Å²) in [6.45, 7) is 0. The summed E-state index contributed by atoms with van der Waals surface area (Å²) in [5, 5.41) is 0. The van der Waals surface area contributed by atoms with Crippen LogP contribution < -0.4 is 0 Å². The Morgan fingerprint density at radius 3 is 1.75 bits per heavy atom. The van der Waals surface area contributed by atoms with E-state index in [0.717, 1.165) is 0 Å². The van der Waals surface area contributed by atoms with Gasteiger partial charge >= 0.3 is 18.8 Å². The summed E-state index contributed by atoms with van der Waals surface area (Å²) in [6.07, 6.45) is 0. The molecule has 0 N–H and O–H groups in total. The van der Waals surface area contributed by atoms with Crippen LogP contribution in [0.1, 0.15) is 0 Å². The number of hydrogen-bond acceptors (Lipinski definition) is 0. The van der Waals surface area contributed by atoms with Crippen molar-refractivity contribution in [2.75, 3.05) is 0 Å². The van der Waals surface area contributed by atoms with E-state index in [1.165, 1.54) is 0 Å². The average molecular weight is 60.6 g/mol. The van der Waals surface area contributed by atoms with Crippen LogP contribution in [0.3, 0.4) is 0 Å². The monoisotopic (exact) mass is 61.0 g/mol. The van der Waals surface area contributed by atoms with E-state index >= 15 is 0 Å². The van der Waals surface area contributed by atoms with Crippen LogP contribution in [0.15, 0.2) is 0 Å². The van der Waals surface area contributed by atoms with Crippen molar-refractivity contribution < 1.29 is 9.02 Å². The van der Waals surface area contributed by atoms with E-state index in [9.17, 15) is 4.32 Å². The molecule has 0 saturated carbocycles. The van der Waals surface area contributed by atoms with E-state index in [1.807, 2.05) is 0 Å². The average Bonchev–Trinajstić information content (AvgIpc) is 0.918. The second kappa shape index (κ2) is 12.1. The molecule has 0 rings (SSSR count). The van der Waals surface area contributed by atoms with Crippen molar-refractivity contribution in [2.24, 2.45) is 0 Å². The third kappa shape index (κ3) is 19000. The number of halogens is 2. The molecule has 0 aliphatic rings. The van der Waals surface area contributed by atoms with E-state index < -0.39 is 0 Å². The Balaban J connectivity index is 0. The zero-order chi connectivity index (χ0) is 2.71. The molecule has 21 valence electrons. The maximum atomic E-state index is 9.94. The molecule has 0 saturated heterocycles. The molecule has 0 aromatic carbocycles. The molecule has 0 amide bonds. The van der Waals surface area contributed by atoms with Gasteiger partial charge in [0, 0.05) is 0 Å². The quantitative estimate of drug-likeness (QED) is 0.340. The molecule has 0 aliphatic carbocycles. The Labute approximate surface area is 24.7 Å². The van der Waals surface area contributed by atoms with Gasteiger partial charge in [-0.1, -0.05) is 0 Å². The zero-order valence-corrected chi connectivity index (χ0v) is 1.94. The molecule has 0 unspecified atom stereocenters. The molecule has 0 heterocycles. The zero-order valence-electron chi connectivity index (χ0n) is 1.94. The summed E-state index contributed by atoms with van der Waals surface area (Å²) in [6, 6.07) is 0. The van der Waals surface area contributed by atoms with Gasteiger partial charge in [0.15, 0.2) is 0 Å². The van der Waals surface area contributed by atoms with Gasteiger partial charge in [-0.2, -0.15) is 0 Å². The van der Waals surface area contributed by atoms with E-state index in [-0.39, 0.29) is 11.8 Å². The minimum atomic E-state index is 0. The normalized spacial score (nSPS) is 2.00. The minimum absolute atomic E-state index is 0. The molecule has 0 atom stereocenters. The van der Waals surface area contributed by atoms with Crippen LogP contribution in [0.5, 0.6) is 0 Å². The van der Waals surface area contributed by atoms with Gasteiger partial charge in [0.25, 0.3) is 0 Å². The van der Waals surface area contributed by atoms with Gasteiger partial charge < -0.3 is 0 Å². The molecule has 0 aromatic rings. The molecule has 1 radical (unpaired) electrons. The first-order valence-electron chi connectivity index (χ1n) is 0.552. The number of hydrogen-bond donors (Lipinski definition) is 0. The van der Waals surface area contributed by atoms with Crippen molar-refractivity contribution >= 4 is 14.4 Å². The van der Waals surface area contributed by atoms with Gasteiger partial charge in [0.1, 0.15) is 0 Å².